The predicted octanol–water partition coefficient (Wildman–Crippen LogP) is 3.44. The average Bonchev–Trinajstić information content (AvgIpc) is 2.34. The second-order valence-electron chi connectivity index (χ2n) is 4.58. The van der Waals surface area contributed by atoms with Gasteiger partial charge in [0.2, 0.25) is 0 Å². The fourth-order valence-electron chi connectivity index (χ4n) is 1.39. The van der Waals surface area contributed by atoms with Gasteiger partial charge in [-0.1, -0.05) is 23.3 Å². The second-order valence-corrected chi connectivity index (χ2v) is 4.58. The van der Waals surface area contributed by atoms with Crippen LogP contribution in [0.4, 0.5) is 4.79 Å². The van der Waals surface area contributed by atoms with Crippen molar-refractivity contribution in [1.82, 2.24) is 5.32 Å². The summed E-state index contributed by atoms with van der Waals surface area (Å²) < 4.78 is 9.99. The highest BCUT2D eigenvalue weighted by atomic mass is 16.6. The molecule has 0 fully saturated rings. The summed E-state index contributed by atoms with van der Waals surface area (Å²) in [6, 6.07) is 0. The zero-order valence-electron chi connectivity index (χ0n) is 12.6. The first kappa shape index (κ1) is 17.7. The Hall–Kier alpha value is -1.29. The first-order valence-corrected chi connectivity index (χ1v) is 6.83. The lowest BCUT2D eigenvalue weighted by Crippen LogP contribution is -2.25. The molecule has 0 aromatic carbocycles. The van der Waals surface area contributed by atoms with E-state index in [-0.39, 0.29) is 0 Å². The van der Waals surface area contributed by atoms with E-state index in [1.165, 1.54) is 11.1 Å². The summed E-state index contributed by atoms with van der Waals surface area (Å²) in [5.74, 6) is 0. The highest BCUT2D eigenvalue weighted by Crippen LogP contribution is 2.05. The average molecular weight is 269 g/mol. The standard InChI is InChI=1S/C15H27NO3/c1-5-18-11-12-19-15(17)16-10-9-14(4)8-6-7-13(2)3/h7,9H,5-6,8,10-12H2,1-4H3,(H,16,17). The van der Waals surface area contributed by atoms with Gasteiger partial charge >= 0.3 is 6.09 Å². The van der Waals surface area contributed by atoms with Crippen molar-refractivity contribution in [2.24, 2.45) is 0 Å². The van der Waals surface area contributed by atoms with Crippen LogP contribution in [-0.2, 0) is 9.47 Å². The van der Waals surface area contributed by atoms with Gasteiger partial charge in [-0.25, -0.2) is 4.79 Å². The molecule has 0 aliphatic rings. The molecule has 0 atom stereocenters. The van der Waals surface area contributed by atoms with Crippen molar-refractivity contribution in [2.75, 3.05) is 26.4 Å². The maximum atomic E-state index is 11.3. The molecule has 19 heavy (non-hydrogen) atoms. The lowest BCUT2D eigenvalue weighted by atomic mass is 10.1. The molecule has 0 bridgehead atoms. The van der Waals surface area contributed by atoms with E-state index in [1.54, 1.807) is 0 Å². The van der Waals surface area contributed by atoms with Gasteiger partial charge in [0.1, 0.15) is 6.61 Å². The van der Waals surface area contributed by atoms with Crippen LogP contribution < -0.4 is 5.32 Å². The van der Waals surface area contributed by atoms with Crippen molar-refractivity contribution in [1.29, 1.82) is 0 Å². The van der Waals surface area contributed by atoms with E-state index in [2.05, 4.69) is 32.2 Å². The molecule has 0 heterocycles. The van der Waals surface area contributed by atoms with Gasteiger partial charge in [0.25, 0.3) is 0 Å². The molecule has 0 spiro atoms. The number of carbonyl (C=O) groups is 1. The fraction of sp³-hybridized carbons (Fsp3) is 0.667. The molecule has 0 aliphatic heterocycles. The normalized spacial score (nSPS) is 11.1. The molecule has 0 aromatic heterocycles. The van der Waals surface area contributed by atoms with Crippen molar-refractivity contribution in [3.63, 3.8) is 0 Å². The summed E-state index contributed by atoms with van der Waals surface area (Å²) in [4.78, 5) is 11.3. The summed E-state index contributed by atoms with van der Waals surface area (Å²) in [6.07, 6.45) is 5.90. The molecule has 0 rings (SSSR count). The Bertz CT molecular complexity index is 305. The monoisotopic (exact) mass is 269 g/mol. The largest absolute Gasteiger partial charge is 0.447 e. The molecule has 0 saturated carbocycles. The lowest BCUT2D eigenvalue weighted by molar-refractivity contribution is 0.0793. The van der Waals surface area contributed by atoms with Gasteiger partial charge in [0.15, 0.2) is 0 Å². The van der Waals surface area contributed by atoms with Crippen molar-refractivity contribution in [2.45, 2.75) is 40.5 Å². The Labute approximate surface area is 116 Å². The zero-order valence-corrected chi connectivity index (χ0v) is 12.6. The third-order valence-electron chi connectivity index (χ3n) is 2.45. The van der Waals surface area contributed by atoms with Crippen LogP contribution in [0.2, 0.25) is 0 Å². The number of carbonyl (C=O) groups excluding carboxylic acids is 1. The summed E-state index contributed by atoms with van der Waals surface area (Å²) in [5, 5.41) is 2.68. The smallest absolute Gasteiger partial charge is 0.407 e. The highest BCUT2D eigenvalue weighted by molar-refractivity contribution is 5.67. The number of allylic oxidation sites excluding steroid dienone is 3. The number of ether oxygens (including phenoxy) is 2. The summed E-state index contributed by atoms with van der Waals surface area (Å²) >= 11 is 0. The van der Waals surface area contributed by atoms with Crippen LogP contribution >= 0.6 is 0 Å². The van der Waals surface area contributed by atoms with Crippen LogP contribution in [0, 0.1) is 0 Å². The number of rotatable bonds is 9. The quantitative estimate of drug-likeness (QED) is 0.515. The molecule has 0 aromatic rings. The Balaban J connectivity index is 3.63. The summed E-state index contributed by atoms with van der Waals surface area (Å²) in [7, 11) is 0. The minimum absolute atomic E-state index is 0.295. The third kappa shape index (κ3) is 12.9. The van der Waals surface area contributed by atoms with Gasteiger partial charge in [-0.15, -0.1) is 0 Å². The number of amides is 1. The van der Waals surface area contributed by atoms with Crippen molar-refractivity contribution < 1.29 is 14.3 Å². The van der Waals surface area contributed by atoms with Gasteiger partial charge in [-0.3, -0.25) is 0 Å². The Morgan fingerprint density at radius 3 is 2.53 bits per heavy atom. The van der Waals surface area contributed by atoms with E-state index < -0.39 is 6.09 Å². The van der Waals surface area contributed by atoms with Crippen LogP contribution in [0.1, 0.15) is 40.5 Å². The molecule has 4 heteroatoms. The Kier molecular flexibility index (Phi) is 11.0. The lowest BCUT2D eigenvalue weighted by Gasteiger charge is -2.05. The molecule has 1 amide bonds. The van der Waals surface area contributed by atoms with E-state index in [4.69, 9.17) is 9.47 Å². The minimum atomic E-state index is -0.395. The number of hydrogen-bond donors (Lipinski definition) is 1. The molecule has 0 aliphatic carbocycles. The van der Waals surface area contributed by atoms with Crippen molar-refractivity contribution >= 4 is 6.09 Å². The SMILES string of the molecule is CCOCCOC(=O)NCC=C(C)CCC=C(C)C. The van der Waals surface area contributed by atoms with E-state index in [1.807, 2.05) is 13.0 Å². The topological polar surface area (TPSA) is 47.6 Å². The van der Waals surface area contributed by atoms with Crippen LogP contribution in [0.3, 0.4) is 0 Å². The minimum Gasteiger partial charge on any atom is -0.447 e. The molecule has 0 radical (unpaired) electrons. The number of nitrogens with one attached hydrogen (secondary N) is 1. The van der Waals surface area contributed by atoms with Gasteiger partial charge in [0.05, 0.1) is 6.61 Å². The van der Waals surface area contributed by atoms with Gasteiger partial charge in [-0.2, -0.15) is 0 Å². The van der Waals surface area contributed by atoms with Crippen LogP contribution in [-0.4, -0.2) is 32.5 Å². The number of hydrogen-bond acceptors (Lipinski definition) is 3. The van der Waals surface area contributed by atoms with Crippen molar-refractivity contribution in [3.05, 3.63) is 23.3 Å². The Morgan fingerprint density at radius 1 is 1.16 bits per heavy atom. The molecule has 110 valence electrons. The zero-order chi connectivity index (χ0) is 14.5. The van der Waals surface area contributed by atoms with E-state index in [9.17, 15) is 4.79 Å². The number of alkyl carbamates (subject to hydrolysis) is 1. The Morgan fingerprint density at radius 2 is 1.89 bits per heavy atom. The van der Waals surface area contributed by atoms with Gasteiger partial charge in [-0.05, 0) is 40.5 Å². The molecular weight excluding hydrogens is 242 g/mol. The van der Waals surface area contributed by atoms with Crippen LogP contribution in [0.15, 0.2) is 23.3 Å². The molecular formula is C15H27NO3. The van der Waals surface area contributed by atoms with E-state index in [0.717, 1.165) is 12.8 Å². The first-order chi connectivity index (χ1) is 9.06. The maximum Gasteiger partial charge on any atom is 0.407 e. The van der Waals surface area contributed by atoms with E-state index >= 15 is 0 Å². The van der Waals surface area contributed by atoms with E-state index in [0.29, 0.717) is 26.4 Å². The highest BCUT2D eigenvalue weighted by Gasteiger charge is 1.99. The van der Waals surface area contributed by atoms with Crippen LogP contribution in [0.25, 0.3) is 0 Å². The third-order valence-corrected chi connectivity index (χ3v) is 2.45. The fourth-order valence-corrected chi connectivity index (χ4v) is 1.39. The first-order valence-electron chi connectivity index (χ1n) is 6.83. The second kappa shape index (κ2) is 11.8. The molecule has 1 N–H and O–H groups in total. The summed E-state index contributed by atoms with van der Waals surface area (Å²) in [6.45, 7) is 10.1. The van der Waals surface area contributed by atoms with Crippen LogP contribution in [0.5, 0.6) is 0 Å². The van der Waals surface area contributed by atoms with Crippen molar-refractivity contribution in [3.8, 4) is 0 Å². The molecule has 0 saturated heterocycles. The van der Waals surface area contributed by atoms with Gasteiger partial charge in [0, 0.05) is 13.2 Å². The van der Waals surface area contributed by atoms with Gasteiger partial charge < -0.3 is 14.8 Å². The maximum absolute atomic E-state index is 11.3. The summed E-state index contributed by atoms with van der Waals surface area (Å²) in [5.41, 5.74) is 2.61. The molecule has 4 nitrogen and oxygen atoms in total. The predicted molar refractivity (Wildman–Crippen MR) is 78.3 cm³/mol. The molecule has 0 unspecified atom stereocenters.